The normalized spacial score (nSPS) is 11.0. The zero-order valence-corrected chi connectivity index (χ0v) is 9.10. The molecule has 1 rings (SSSR count). The van der Waals surface area contributed by atoms with Gasteiger partial charge in [-0.15, -0.1) is 0 Å². The molecule has 0 aliphatic rings. The highest BCUT2D eigenvalue weighted by molar-refractivity contribution is 8.21. The Hall–Kier alpha value is -1.00. The highest BCUT2D eigenvalue weighted by Crippen LogP contribution is 2.25. The van der Waals surface area contributed by atoms with Crippen LogP contribution in [0.15, 0.2) is 30.8 Å². The van der Waals surface area contributed by atoms with E-state index in [1.807, 2.05) is 0 Å². The summed E-state index contributed by atoms with van der Waals surface area (Å²) in [5.74, 6) is 0.559. The Kier molecular flexibility index (Phi) is 3.18. The Morgan fingerprint density at radius 3 is 2.64 bits per heavy atom. The van der Waals surface area contributed by atoms with E-state index in [2.05, 4.69) is 6.58 Å². The summed E-state index contributed by atoms with van der Waals surface area (Å²) in [4.78, 5) is -0.127. The Labute approximate surface area is 87.4 Å². The second kappa shape index (κ2) is 4.02. The number of benzene rings is 1. The third-order valence-corrected chi connectivity index (χ3v) is 3.07. The van der Waals surface area contributed by atoms with E-state index >= 15 is 0 Å². The molecule has 0 atom stereocenters. The van der Waals surface area contributed by atoms with Crippen molar-refractivity contribution in [2.24, 2.45) is 0 Å². The van der Waals surface area contributed by atoms with Crippen molar-refractivity contribution in [1.82, 2.24) is 0 Å². The zero-order valence-electron chi connectivity index (χ0n) is 7.53. The van der Waals surface area contributed by atoms with E-state index in [4.69, 9.17) is 15.4 Å². The van der Waals surface area contributed by atoms with Crippen LogP contribution >= 0.6 is 10.7 Å². The molecule has 0 radical (unpaired) electrons. The topological polar surface area (TPSA) is 43.4 Å². The van der Waals surface area contributed by atoms with Crippen molar-refractivity contribution in [3.05, 3.63) is 36.4 Å². The summed E-state index contributed by atoms with van der Waals surface area (Å²) < 4.78 is 26.9. The summed E-state index contributed by atoms with van der Waals surface area (Å²) in [5.41, 5.74) is 0.430. The lowest BCUT2D eigenvalue weighted by atomic mass is 10.2. The minimum absolute atomic E-state index is 0.127. The molecule has 0 bridgehead atoms. The lowest BCUT2D eigenvalue weighted by Crippen LogP contribution is -1.93. The molecule has 3 nitrogen and oxygen atoms in total. The van der Waals surface area contributed by atoms with E-state index in [-0.39, 0.29) is 4.91 Å². The van der Waals surface area contributed by atoms with Gasteiger partial charge in [0.25, 0.3) is 9.05 Å². The number of hydrogen-bond donors (Lipinski definition) is 0. The zero-order chi connectivity index (χ0) is 10.8. The van der Waals surface area contributed by atoms with Crippen LogP contribution in [-0.4, -0.2) is 15.5 Å². The second-order valence-electron chi connectivity index (χ2n) is 2.59. The van der Waals surface area contributed by atoms with Crippen molar-refractivity contribution in [2.75, 3.05) is 7.11 Å². The lowest BCUT2D eigenvalue weighted by Gasteiger charge is -2.04. The van der Waals surface area contributed by atoms with Gasteiger partial charge in [0.05, 0.1) is 12.0 Å². The Balaban J connectivity index is 3.15. The molecule has 0 fully saturated rings. The quantitative estimate of drug-likeness (QED) is 0.751. The second-order valence-corrected chi connectivity index (χ2v) is 5.18. The summed E-state index contributed by atoms with van der Waals surface area (Å²) in [7, 11) is 2.88. The van der Waals surface area contributed by atoms with Crippen LogP contribution in [0.2, 0.25) is 0 Å². The van der Waals surface area contributed by atoms with Crippen LogP contribution < -0.4 is 4.74 Å². The minimum Gasteiger partial charge on any atom is -0.497 e. The standard InChI is InChI=1S/C9H9ClO3S/c1-7(14(10,11)12)8-4-3-5-9(6-8)13-2/h3-6H,1H2,2H3. The first-order chi connectivity index (χ1) is 6.45. The first-order valence-electron chi connectivity index (χ1n) is 3.73. The molecule has 0 amide bonds. The summed E-state index contributed by atoms with van der Waals surface area (Å²) in [6.45, 7) is 3.40. The van der Waals surface area contributed by atoms with Crippen molar-refractivity contribution in [3.8, 4) is 5.75 Å². The van der Waals surface area contributed by atoms with Gasteiger partial charge < -0.3 is 4.74 Å². The lowest BCUT2D eigenvalue weighted by molar-refractivity contribution is 0.414. The molecule has 0 unspecified atom stereocenters. The van der Waals surface area contributed by atoms with Gasteiger partial charge in [-0.2, -0.15) is 0 Å². The number of rotatable bonds is 3. The van der Waals surface area contributed by atoms with Crippen LogP contribution in [0.1, 0.15) is 5.56 Å². The van der Waals surface area contributed by atoms with Crippen molar-refractivity contribution >= 4 is 24.6 Å². The van der Waals surface area contributed by atoms with E-state index in [0.29, 0.717) is 11.3 Å². The molecule has 0 aliphatic carbocycles. The molecule has 0 spiro atoms. The average Bonchev–Trinajstić information content (AvgIpc) is 2.15. The van der Waals surface area contributed by atoms with Crippen LogP contribution in [0.3, 0.4) is 0 Å². The highest BCUT2D eigenvalue weighted by atomic mass is 35.7. The van der Waals surface area contributed by atoms with Crippen LogP contribution in [0, 0.1) is 0 Å². The summed E-state index contributed by atoms with van der Waals surface area (Å²) >= 11 is 0. The molecule has 0 saturated heterocycles. The van der Waals surface area contributed by atoms with Gasteiger partial charge in [0.2, 0.25) is 0 Å². The molecule has 1 aromatic rings. The Morgan fingerprint density at radius 2 is 2.14 bits per heavy atom. The average molecular weight is 233 g/mol. The van der Waals surface area contributed by atoms with Gasteiger partial charge in [0.15, 0.2) is 0 Å². The van der Waals surface area contributed by atoms with Gasteiger partial charge in [0, 0.05) is 10.7 Å². The first kappa shape index (κ1) is 11.1. The van der Waals surface area contributed by atoms with Crippen LogP contribution in [0.4, 0.5) is 0 Å². The molecule has 0 aromatic heterocycles. The Morgan fingerprint density at radius 1 is 1.50 bits per heavy atom. The maximum absolute atomic E-state index is 11.0. The molecule has 5 heteroatoms. The van der Waals surface area contributed by atoms with Crippen molar-refractivity contribution in [2.45, 2.75) is 0 Å². The van der Waals surface area contributed by atoms with E-state index in [1.165, 1.54) is 7.11 Å². The molecule has 0 saturated carbocycles. The van der Waals surface area contributed by atoms with E-state index in [1.54, 1.807) is 24.3 Å². The van der Waals surface area contributed by atoms with Crippen LogP contribution in [0.5, 0.6) is 5.75 Å². The van der Waals surface area contributed by atoms with Gasteiger partial charge in [-0.1, -0.05) is 18.7 Å². The minimum atomic E-state index is -3.76. The van der Waals surface area contributed by atoms with Crippen molar-refractivity contribution < 1.29 is 13.2 Å². The Bertz CT molecular complexity index is 451. The fourth-order valence-corrected chi connectivity index (χ4v) is 1.61. The van der Waals surface area contributed by atoms with Gasteiger partial charge >= 0.3 is 0 Å². The van der Waals surface area contributed by atoms with Gasteiger partial charge in [-0.25, -0.2) is 8.42 Å². The molecule has 14 heavy (non-hydrogen) atoms. The summed E-state index contributed by atoms with van der Waals surface area (Å²) in [6, 6.07) is 6.53. The maximum Gasteiger partial charge on any atom is 0.261 e. The highest BCUT2D eigenvalue weighted by Gasteiger charge is 2.13. The largest absolute Gasteiger partial charge is 0.497 e. The van der Waals surface area contributed by atoms with Crippen molar-refractivity contribution in [1.29, 1.82) is 0 Å². The first-order valence-corrected chi connectivity index (χ1v) is 6.04. The predicted octanol–water partition coefficient (Wildman–Crippen LogP) is 2.23. The maximum atomic E-state index is 11.0. The molecule has 0 aliphatic heterocycles. The molecule has 76 valence electrons. The van der Waals surface area contributed by atoms with E-state index in [9.17, 15) is 8.42 Å². The molecular formula is C9H9ClO3S. The SMILES string of the molecule is C=C(c1cccc(OC)c1)S(=O)(=O)Cl. The predicted molar refractivity (Wildman–Crippen MR) is 56.8 cm³/mol. The number of hydrogen-bond acceptors (Lipinski definition) is 3. The fraction of sp³-hybridized carbons (Fsp3) is 0.111. The van der Waals surface area contributed by atoms with Gasteiger partial charge in [0.1, 0.15) is 5.75 Å². The molecule has 0 heterocycles. The molecule has 0 N–H and O–H groups in total. The van der Waals surface area contributed by atoms with Crippen LogP contribution in [-0.2, 0) is 9.05 Å². The fourth-order valence-electron chi connectivity index (χ4n) is 0.937. The number of ether oxygens (including phenoxy) is 1. The third kappa shape index (κ3) is 2.49. The monoisotopic (exact) mass is 232 g/mol. The van der Waals surface area contributed by atoms with Gasteiger partial charge in [-0.3, -0.25) is 0 Å². The van der Waals surface area contributed by atoms with E-state index < -0.39 is 9.05 Å². The third-order valence-electron chi connectivity index (χ3n) is 1.69. The number of halogens is 1. The van der Waals surface area contributed by atoms with E-state index in [0.717, 1.165) is 0 Å². The van der Waals surface area contributed by atoms with Crippen molar-refractivity contribution in [3.63, 3.8) is 0 Å². The molecule has 1 aromatic carbocycles. The summed E-state index contributed by atoms with van der Waals surface area (Å²) in [6.07, 6.45) is 0. The number of methoxy groups -OCH3 is 1. The molecular weight excluding hydrogens is 224 g/mol. The van der Waals surface area contributed by atoms with Crippen LogP contribution in [0.25, 0.3) is 4.91 Å². The summed E-state index contributed by atoms with van der Waals surface area (Å²) in [5, 5.41) is 0. The van der Waals surface area contributed by atoms with Gasteiger partial charge in [-0.05, 0) is 17.7 Å². The smallest absolute Gasteiger partial charge is 0.261 e.